The van der Waals surface area contributed by atoms with Crippen molar-refractivity contribution < 1.29 is 14.3 Å². The van der Waals surface area contributed by atoms with E-state index in [1.54, 1.807) is 19.2 Å². The van der Waals surface area contributed by atoms with Crippen molar-refractivity contribution in [3.05, 3.63) is 59.3 Å². The lowest BCUT2D eigenvalue weighted by Gasteiger charge is -2.33. The van der Waals surface area contributed by atoms with Gasteiger partial charge in [-0.05, 0) is 75.1 Å². The van der Waals surface area contributed by atoms with Gasteiger partial charge in [0.25, 0.3) is 11.8 Å². The molecule has 1 unspecified atom stereocenters. The molecule has 1 saturated heterocycles. The summed E-state index contributed by atoms with van der Waals surface area (Å²) in [6.07, 6.45) is 3.28. The Morgan fingerprint density at radius 3 is 2.70 bits per heavy atom. The molecule has 0 saturated carbocycles. The van der Waals surface area contributed by atoms with Crippen molar-refractivity contribution in [1.82, 2.24) is 9.88 Å². The summed E-state index contributed by atoms with van der Waals surface area (Å²) in [6.45, 7) is 4.82. The number of carbonyl (C=O) groups is 2. The largest absolute Gasteiger partial charge is 0.497 e. The van der Waals surface area contributed by atoms with Crippen LogP contribution in [-0.4, -0.2) is 41.4 Å². The van der Waals surface area contributed by atoms with Crippen molar-refractivity contribution in [3.63, 3.8) is 0 Å². The SMILES string of the molecule is COc1ccc2cc(C(=O)Nc3ccc(C(=O)N4CCCCC4C)cc3C)[nH]c2c1. The van der Waals surface area contributed by atoms with Gasteiger partial charge in [-0.2, -0.15) is 0 Å². The van der Waals surface area contributed by atoms with Crippen molar-refractivity contribution in [2.45, 2.75) is 39.2 Å². The first kappa shape index (κ1) is 20.0. The van der Waals surface area contributed by atoms with Crippen molar-refractivity contribution in [1.29, 1.82) is 0 Å². The average Bonchev–Trinajstić information content (AvgIpc) is 3.18. The Labute approximate surface area is 176 Å². The molecule has 1 atom stereocenters. The summed E-state index contributed by atoms with van der Waals surface area (Å²) in [4.78, 5) is 30.7. The molecule has 0 aliphatic carbocycles. The Hall–Kier alpha value is -3.28. The van der Waals surface area contributed by atoms with E-state index in [2.05, 4.69) is 17.2 Å². The fourth-order valence-corrected chi connectivity index (χ4v) is 4.05. The number of hydrogen-bond acceptors (Lipinski definition) is 3. The standard InChI is InChI=1S/C24H27N3O3/c1-15-12-18(24(29)27-11-5-4-6-16(27)2)8-10-20(15)26-23(28)22-13-17-7-9-19(30-3)14-21(17)25-22/h7-10,12-14,16,25H,4-6,11H2,1-3H3,(H,26,28). The minimum Gasteiger partial charge on any atom is -0.497 e. The molecule has 1 aliphatic rings. The van der Waals surface area contributed by atoms with E-state index in [0.29, 0.717) is 16.9 Å². The summed E-state index contributed by atoms with van der Waals surface area (Å²) in [7, 11) is 1.61. The Balaban J connectivity index is 1.51. The van der Waals surface area contributed by atoms with Gasteiger partial charge in [0.05, 0.1) is 7.11 Å². The van der Waals surface area contributed by atoms with Gasteiger partial charge >= 0.3 is 0 Å². The van der Waals surface area contributed by atoms with E-state index in [1.807, 2.05) is 42.2 Å². The molecule has 1 aromatic heterocycles. The number of carbonyl (C=O) groups excluding carboxylic acids is 2. The second-order valence-electron chi connectivity index (χ2n) is 7.96. The number of H-pyrrole nitrogens is 1. The van der Waals surface area contributed by atoms with E-state index in [4.69, 9.17) is 4.74 Å². The number of anilines is 1. The number of nitrogens with one attached hydrogen (secondary N) is 2. The van der Waals surface area contributed by atoms with Crippen LogP contribution < -0.4 is 10.1 Å². The van der Waals surface area contributed by atoms with E-state index in [0.717, 1.165) is 41.6 Å². The van der Waals surface area contributed by atoms with Crippen molar-refractivity contribution in [2.75, 3.05) is 19.0 Å². The molecule has 0 spiro atoms. The van der Waals surface area contributed by atoms with Gasteiger partial charge in [-0.3, -0.25) is 9.59 Å². The maximum atomic E-state index is 12.9. The summed E-state index contributed by atoms with van der Waals surface area (Å²) >= 11 is 0. The van der Waals surface area contributed by atoms with Crippen LogP contribution in [0.5, 0.6) is 5.75 Å². The Morgan fingerprint density at radius 1 is 1.13 bits per heavy atom. The number of rotatable bonds is 4. The summed E-state index contributed by atoms with van der Waals surface area (Å²) in [6, 6.07) is 13.2. The van der Waals surface area contributed by atoms with Crippen LogP contribution in [0.3, 0.4) is 0 Å². The van der Waals surface area contributed by atoms with Crippen molar-refractivity contribution in [3.8, 4) is 5.75 Å². The van der Waals surface area contributed by atoms with E-state index in [1.165, 1.54) is 6.42 Å². The quantitative estimate of drug-likeness (QED) is 0.658. The molecule has 2 amide bonds. The average molecular weight is 405 g/mol. The highest BCUT2D eigenvalue weighted by molar-refractivity contribution is 6.06. The van der Waals surface area contributed by atoms with Gasteiger partial charge in [0, 0.05) is 40.8 Å². The Morgan fingerprint density at radius 2 is 1.97 bits per heavy atom. The van der Waals surface area contributed by atoms with E-state index >= 15 is 0 Å². The first-order valence-corrected chi connectivity index (χ1v) is 10.4. The number of methoxy groups -OCH3 is 1. The second kappa shape index (κ2) is 8.22. The highest BCUT2D eigenvalue weighted by Gasteiger charge is 2.24. The zero-order valence-corrected chi connectivity index (χ0v) is 17.6. The normalized spacial score (nSPS) is 16.5. The second-order valence-corrected chi connectivity index (χ2v) is 7.96. The van der Waals surface area contributed by atoms with Crippen LogP contribution in [0.2, 0.25) is 0 Å². The monoisotopic (exact) mass is 405 g/mol. The molecular formula is C24H27N3O3. The number of nitrogens with zero attached hydrogens (tertiary/aromatic N) is 1. The van der Waals surface area contributed by atoms with Crippen LogP contribution in [0, 0.1) is 6.92 Å². The van der Waals surface area contributed by atoms with Gasteiger partial charge in [-0.1, -0.05) is 0 Å². The molecule has 0 radical (unpaired) electrons. The number of aryl methyl sites for hydroxylation is 1. The van der Waals surface area contributed by atoms with Crippen LogP contribution in [0.4, 0.5) is 5.69 Å². The van der Waals surface area contributed by atoms with Crippen LogP contribution in [-0.2, 0) is 0 Å². The number of piperidine rings is 1. The first-order valence-electron chi connectivity index (χ1n) is 10.4. The Bertz CT molecular complexity index is 1100. The number of benzene rings is 2. The Kier molecular flexibility index (Phi) is 5.48. The van der Waals surface area contributed by atoms with Crippen molar-refractivity contribution in [2.24, 2.45) is 0 Å². The summed E-state index contributed by atoms with van der Waals surface area (Å²) in [5.74, 6) is 0.570. The highest BCUT2D eigenvalue weighted by Crippen LogP contribution is 2.24. The van der Waals surface area contributed by atoms with Gasteiger partial charge in [0.2, 0.25) is 0 Å². The summed E-state index contributed by atoms with van der Waals surface area (Å²) < 4.78 is 5.23. The molecular weight excluding hydrogens is 378 g/mol. The van der Waals surface area contributed by atoms with Gasteiger partial charge < -0.3 is 19.9 Å². The van der Waals surface area contributed by atoms with Crippen LogP contribution in [0.25, 0.3) is 10.9 Å². The number of likely N-dealkylation sites (tertiary alicyclic amines) is 1. The number of hydrogen-bond donors (Lipinski definition) is 2. The van der Waals surface area contributed by atoms with Crippen LogP contribution in [0.15, 0.2) is 42.5 Å². The third kappa shape index (κ3) is 3.90. The molecule has 2 N–H and O–H groups in total. The zero-order chi connectivity index (χ0) is 21.3. The minimum atomic E-state index is -0.225. The maximum Gasteiger partial charge on any atom is 0.272 e. The topological polar surface area (TPSA) is 74.4 Å². The summed E-state index contributed by atoms with van der Waals surface area (Å²) in [5.41, 5.74) is 3.53. The van der Waals surface area contributed by atoms with Crippen LogP contribution >= 0.6 is 0 Å². The van der Waals surface area contributed by atoms with E-state index in [9.17, 15) is 9.59 Å². The molecule has 6 nitrogen and oxygen atoms in total. The molecule has 30 heavy (non-hydrogen) atoms. The highest BCUT2D eigenvalue weighted by atomic mass is 16.5. The number of aromatic amines is 1. The molecule has 4 rings (SSSR count). The van der Waals surface area contributed by atoms with Crippen molar-refractivity contribution >= 4 is 28.4 Å². The van der Waals surface area contributed by atoms with Gasteiger partial charge in [-0.25, -0.2) is 0 Å². The third-order valence-corrected chi connectivity index (χ3v) is 5.86. The number of aromatic nitrogens is 1. The molecule has 6 heteroatoms. The molecule has 1 aliphatic heterocycles. The van der Waals surface area contributed by atoms with E-state index < -0.39 is 0 Å². The number of fused-ring (bicyclic) bond motifs is 1. The zero-order valence-electron chi connectivity index (χ0n) is 17.6. The summed E-state index contributed by atoms with van der Waals surface area (Å²) in [5, 5.41) is 3.88. The van der Waals surface area contributed by atoms with Gasteiger partial charge in [-0.15, -0.1) is 0 Å². The molecule has 3 aromatic rings. The van der Waals surface area contributed by atoms with Gasteiger partial charge in [0.1, 0.15) is 11.4 Å². The number of amides is 2. The predicted molar refractivity (Wildman–Crippen MR) is 118 cm³/mol. The van der Waals surface area contributed by atoms with Crippen LogP contribution in [0.1, 0.15) is 52.6 Å². The fourth-order valence-electron chi connectivity index (χ4n) is 4.05. The number of ether oxygens (including phenoxy) is 1. The molecule has 1 fully saturated rings. The van der Waals surface area contributed by atoms with E-state index in [-0.39, 0.29) is 17.9 Å². The molecule has 2 heterocycles. The smallest absolute Gasteiger partial charge is 0.272 e. The van der Waals surface area contributed by atoms with Gasteiger partial charge in [0.15, 0.2) is 0 Å². The first-order chi connectivity index (χ1) is 14.5. The lowest BCUT2D eigenvalue weighted by molar-refractivity contribution is 0.0635. The third-order valence-electron chi connectivity index (χ3n) is 5.86. The lowest BCUT2D eigenvalue weighted by Crippen LogP contribution is -2.42. The molecule has 0 bridgehead atoms. The molecule has 2 aromatic carbocycles. The predicted octanol–water partition coefficient (Wildman–Crippen LogP) is 4.75. The fraction of sp³-hybridized carbons (Fsp3) is 0.333. The maximum absolute atomic E-state index is 12.9. The molecule has 156 valence electrons. The minimum absolute atomic E-state index is 0.0627. The lowest BCUT2D eigenvalue weighted by atomic mass is 10.0.